The zero-order chi connectivity index (χ0) is 25.8. The number of carbonyl (C=O) groups is 1. The molecule has 5 rings (SSSR count). The standard InChI is InChI=1S/C26H26ClN5O4/c1-13-5-8-17(36-13)24(26(2,3)4)31-21-20(22(33)23(21)34)30-16-7-6-15(27)14-11-32(25(35)19(14)16)12-18-28-9-10-29-18/h5-10,24,30-31H,11-12H2,1-4H3,(H,28,29)/t24-/m0/s1. The van der Waals surface area contributed by atoms with Crippen LogP contribution in [0.5, 0.6) is 0 Å². The van der Waals surface area contributed by atoms with E-state index >= 15 is 0 Å². The van der Waals surface area contributed by atoms with E-state index in [4.69, 9.17) is 16.0 Å². The first-order valence-corrected chi connectivity index (χ1v) is 11.9. The van der Waals surface area contributed by atoms with Crippen molar-refractivity contribution in [3.63, 3.8) is 0 Å². The fraction of sp³-hybridized carbons (Fsp3) is 0.308. The topological polar surface area (TPSA) is 120 Å². The molecular formula is C26H26ClN5O4. The number of H-pyrrole nitrogens is 1. The van der Waals surface area contributed by atoms with Gasteiger partial charge >= 0.3 is 0 Å². The first-order valence-electron chi connectivity index (χ1n) is 11.6. The van der Waals surface area contributed by atoms with Gasteiger partial charge in [0.25, 0.3) is 16.8 Å². The van der Waals surface area contributed by atoms with Gasteiger partial charge in [-0.05, 0) is 36.6 Å². The monoisotopic (exact) mass is 507 g/mol. The van der Waals surface area contributed by atoms with E-state index < -0.39 is 10.9 Å². The minimum Gasteiger partial charge on any atom is -0.464 e. The van der Waals surface area contributed by atoms with Gasteiger partial charge in [0.2, 0.25) is 0 Å². The fourth-order valence-electron chi connectivity index (χ4n) is 4.49. The van der Waals surface area contributed by atoms with Gasteiger partial charge in [0.05, 0.1) is 23.8 Å². The fourth-order valence-corrected chi connectivity index (χ4v) is 4.71. The van der Waals surface area contributed by atoms with Crippen LogP contribution in [-0.4, -0.2) is 20.8 Å². The SMILES string of the molecule is Cc1ccc([C@H](Nc2c(Nc3ccc(Cl)c4c3C(=O)N(Cc3ncc[nH]3)C4)c(=O)c2=O)C(C)(C)C)o1. The summed E-state index contributed by atoms with van der Waals surface area (Å²) in [6.07, 6.45) is 3.32. The molecule has 0 spiro atoms. The van der Waals surface area contributed by atoms with E-state index in [1.807, 2.05) is 39.8 Å². The van der Waals surface area contributed by atoms with Crippen LogP contribution < -0.4 is 21.5 Å². The molecule has 2 aromatic heterocycles. The predicted molar refractivity (Wildman–Crippen MR) is 138 cm³/mol. The van der Waals surface area contributed by atoms with Crippen molar-refractivity contribution >= 4 is 34.6 Å². The quantitative estimate of drug-likeness (QED) is 0.311. The predicted octanol–water partition coefficient (Wildman–Crippen LogP) is 4.66. The Hall–Kier alpha value is -3.85. The van der Waals surface area contributed by atoms with Gasteiger partial charge in [0.1, 0.15) is 28.7 Å². The summed E-state index contributed by atoms with van der Waals surface area (Å²) >= 11 is 6.42. The van der Waals surface area contributed by atoms with Crippen molar-refractivity contribution < 1.29 is 9.21 Å². The number of anilines is 3. The van der Waals surface area contributed by atoms with Gasteiger partial charge in [-0.1, -0.05) is 32.4 Å². The van der Waals surface area contributed by atoms with E-state index in [0.29, 0.717) is 46.5 Å². The maximum Gasteiger partial charge on any atom is 0.257 e. The number of nitrogens with one attached hydrogen (secondary N) is 3. The second kappa shape index (κ2) is 8.67. The molecule has 1 aliphatic heterocycles. The van der Waals surface area contributed by atoms with Crippen LogP contribution in [0.4, 0.5) is 17.1 Å². The first-order chi connectivity index (χ1) is 17.0. The van der Waals surface area contributed by atoms with Crippen LogP contribution in [0.3, 0.4) is 0 Å². The molecule has 1 amide bonds. The largest absolute Gasteiger partial charge is 0.464 e. The average Bonchev–Trinajstić information content (AvgIpc) is 3.56. The summed E-state index contributed by atoms with van der Waals surface area (Å²) in [6, 6.07) is 6.67. The van der Waals surface area contributed by atoms with Gasteiger partial charge in [0, 0.05) is 29.5 Å². The second-order valence-electron chi connectivity index (χ2n) is 10.1. The molecule has 0 fully saturated rings. The Bertz CT molecular complexity index is 1520. The molecule has 0 aliphatic carbocycles. The number of carbonyl (C=O) groups excluding carboxylic acids is 1. The van der Waals surface area contributed by atoms with Crippen LogP contribution in [0.1, 0.15) is 60.1 Å². The number of furan rings is 1. The number of benzene rings is 1. The third-order valence-corrected chi connectivity index (χ3v) is 6.73. The Morgan fingerprint density at radius 2 is 1.89 bits per heavy atom. The van der Waals surface area contributed by atoms with Crippen molar-refractivity contribution in [2.24, 2.45) is 5.41 Å². The number of rotatable bonds is 7. The number of amides is 1. The molecule has 3 heterocycles. The Balaban J connectivity index is 1.46. The number of hydrogen-bond donors (Lipinski definition) is 3. The highest BCUT2D eigenvalue weighted by Crippen LogP contribution is 2.40. The number of aryl methyl sites for hydroxylation is 1. The van der Waals surface area contributed by atoms with E-state index in [9.17, 15) is 14.4 Å². The van der Waals surface area contributed by atoms with Crippen LogP contribution in [0.2, 0.25) is 5.02 Å². The molecule has 0 bridgehead atoms. The Kier molecular flexibility index (Phi) is 5.75. The van der Waals surface area contributed by atoms with Gasteiger partial charge in [-0.2, -0.15) is 0 Å². The number of fused-ring (bicyclic) bond motifs is 1. The molecule has 186 valence electrons. The van der Waals surface area contributed by atoms with Crippen molar-refractivity contribution in [2.45, 2.75) is 46.8 Å². The maximum absolute atomic E-state index is 13.3. The zero-order valence-electron chi connectivity index (χ0n) is 20.4. The van der Waals surface area contributed by atoms with Crippen LogP contribution in [-0.2, 0) is 13.1 Å². The molecule has 4 aromatic rings. The zero-order valence-corrected chi connectivity index (χ0v) is 21.1. The van der Waals surface area contributed by atoms with Crippen molar-refractivity contribution in [2.75, 3.05) is 10.6 Å². The minimum atomic E-state index is -0.651. The molecule has 2 aromatic carbocycles. The molecule has 36 heavy (non-hydrogen) atoms. The first kappa shape index (κ1) is 23.9. The molecule has 0 saturated carbocycles. The van der Waals surface area contributed by atoms with Crippen LogP contribution in [0.15, 0.2) is 50.7 Å². The summed E-state index contributed by atoms with van der Waals surface area (Å²) in [7, 11) is 0. The summed E-state index contributed by atoms with van der Waals surface area (Å²) in [5.41, 5.74) is 0.124. The third kappa shape index (κ3) is 4.09. The normalized spacial score (nSPS) is 14.4. The summed E-state index contributed by atoms with van der Waals surface area (Å²) in [5, 5.41) is 6.72. The van der Waals surface area contributed by atoms with E-state index in [2.05, 4.69) is 20.6 Å². The smallest absolute Gasteiger partial charge is 0.257 e. The van der Waals surface area contributed by atoms with E-state index in [0.717, 1.165) is 5.76 Å². The van der Waals surface area contributed by atoms with E-state index in [1.165, 1.54) is 0 Å². The molecule has 3 N–H and O–H groups in total. The lowest BCUT2D eigenvalue weighted by molar-refractivity contribution is 0.0763. The van der Waals surface area contributed by atoms with Crippen molar-refractivity contribution in [1.82, 2.24) is 14.9 Å². The van der Waals surface area contributed by atoms with E-state index in [1.54, 1.807) is 29.4 Å². The van der Waals surface area contributed by atoms with Crippen molar-refractivity contribution in [1.29, 1.82) is 0 Å². The highest BCUT2D eigenvalue weighted by Gasteiger charge is 2.35. The summed E-state index contributed by atoms with van der Waals surface area (Å²) in [6.45, 7) is 8.49. The minimum absolute atomic E-state index is 0.110. The molecular weight excluding hydrogens is 482 g/mol. The number of hydrogen-bond acceptors (Lipinski definition) is 7. The molecule has 0 radical (unpaired) electrons. The summed E-state index contributed by atoms with van der Waals surface area (Å²) in [5.74, 6) is 1.82. The lowest BCUT2D eigenvalue weighted by Crippen LogP contribution is -2.39. The Morgan fingerprint density at radius 3 is 2.53 bits per heavy atom. The lowest BCUT2D eigenvalue weighted by Gasteiger charge is -2.31. The van der Waals surface area contributed by atoms with Gasteiger partial charge in [0.15, 0.2) is 0 Å². The number of nitrogens with zero attached hydrogens (tertiary/aromatic N) is 2. The van der Waals surface area contributed by atoms with Crippen LogP contribution in [0, 0.1) is 12.3 Å². The third-order valence-electron chi connectivity index (χ3n) is 6.37. The summed E-state index contributed by atoms with van der Waals surface area (Å²) < 4.78 is 5.83. The average molecular weight is 508 g/mol. The number of aromatic nitrogens is 2. The summed E-state index contributed by atoms with van der Waals surface area (Å²) in [4.78, 5) is 47.3. The van der Waals surface area contributed by atoms with Gasteiger partial charge in [-0.25, -0.2) is 4.98 Å². The number of imidazole rings is 1. The Morgan fingerprint density at radius 1 is 1.14 bits per heavy atom. The maximum atomic E-state index is 13.3. The van der Waals surface area contributed by atoms with Crippen molar-refractivity contribution in [3.8, 4) is 0 Å². The number of aromatic amines is 1. The molecule has 0 unspecified atom stereocenters. The van der Waals surface area contributed by atoms with Crippen LogP contribution >= 0.6 is 11.6 Å². The highest BCUT2D eigenvalue weighted by molar-refractivity contribution is 6.32. The van der Waals surface area contributed by atoms with Crippen LogP contribution in [0.25, 0.3) is 0 Å². The Labute approximate surface area is 212 Å². The molecule has 1 aliphatic rings. The van der Waals surface area contributed by atoms with Crippen molar-refractivity contribution in [3.05, 3.63) is 90.6 Å². The lowest BCUT2D eigenvalue weighted by atomic mass is 9.85. The second-order valence-corrected chi connectivity index (χ2v) is 10.5. The molecule has 1 atom stereocenters. The molecule has 10 heteroatoms. The molecule has 0 saturated heterocycles. The van der Waals surface area contributed by atoms with Gasteiger partial charge < -0.3 is 24.9 Å². The highest BCUT2D eigenvalue weighted by atomic mass is 35.5. The van der Waals surface area contributed by atoms with Gasteiger partial charge in [-0.3, -0.25) is 14.4 Å². The number of halogens is 1. The molecule has 9 nitrogen and oxygen atoms in total. The van der Waals surface area contributed by atoms with Gasteiger partial charge in [-0.15, -0.1) is 0 Å². The van der Waals surface area contributed by atoms with E-state index in [-0.39, 0.29) is 28.7 Å².